The highest BCUT2D eigenvalue weighted by Gasteiger charge is 2.34. The van der Waals surface area contributed by atoms with Gasteiger partial charge in [0, 0.05) is 36.0 Å². The molecule has 196 valence electrons. The van der Waals surface area contributed by atoms with Crippen LogP contribution in [0, 0.1) is 5.82 Å². The Morgan fingerprint density at radius 1 is 1.13 bits per heavy atom. The van der Waals surface area contributed by atoms with Crippen molar-refractivity contribution in [3.8, 4) is 16.9 Å². The van der Waals surface area contributed by atoms with Crippen molar-refractivity contribution < 1.29 is 35.9 Å². The summed E-state index contributed by atoms with van der Waals surface area (Å²) in [5, 5.41) is 15.2. The Morgan fingerprint density at radius 3 is 2.55 bits per heavy atom. The number of nitrogens with zero attached hydrogens (tertiary/aromatic N) is 4. The average Bonchev–Trinajstić information content (AvgIpc) is 3.34. The Labute approximate surface area is 213 Å². The lowest BCUT2D eigenvalue weighted by atomic mass is 10.0. The second-order valence-corrected chi connectivity index (χ2v) is 9.90. The molecule has 0 radical (unpaired) electrons. The number of hydrogen-bond donors (Lipinski definition) is 2. The summed E-state index contributed by atoms with van der Waals surface area (Å²) in [5.74, 6) is -2.32. The predicted octanol–water partition coefficient (Wildman–Crippen LogP) is 4.73. The van der Waals surface area contributed by atoms with Crippen LogP contribution in [0.15, 0.2) is 71.9 Å². The second-order valence-electron chi connectivity index (χ2n) is 7.91. The number of benzene rings is 2. The van der Waals surface area contributed by atoms with Crippen LogP contribution in [-0.4, -0.2) is 45.5 Å². The molecule has 0 spiro atoms. The lowest BCUT2D eigenvalue weighted by molar-refractivity contribution is -0.141. The van der Waals surface area contributed by atoms with E-state index < -0.39 is 38.4 Å². The third-order valence-electron chi connectivity index (χ3n) is 5.07. The Hall–Kier alpha value is -4.59. The molecule has 0 bridgehead atoms. The maximum Gasteiger partial charge on any atom is 0.435 e. The molecule has 0 saturated heterocycles. The molecule has 0 aliphatic carbocycles. The molecule has 38 heavy (non-hydrogen) atoms. The number of aliphatic carboxylic acids is 1. The number of carbonyl (C=O) groups is 1. The summed E-state index contributed by atoms with van der Waals surface area (Å²) in [6, 6.07) is 10.4. The van der Waals surface area contributed by atoms with Gasteiger partial charge in [-0.05, 0) is 47.5 Å². The Kier molecular flexibility index (Phi) is 7.00. The molecule has 2 heterocycles. The average molecular weight is 547 g/mol. The number of nitrogens with one attached hydrogen (secondary N) is 1. The maximum atomic E-state index is 14.0. The summed E-state index contributed by atoms with van der Waals surface area (Å²) in [7, 11) is -3.89. The van der Waals surface area contributed by atoms with Gasteiger partial charge in [-0.25, -0.2) is 27.3 Å². The van der Waals surface area contributed by atoms with Crippen LogP contribution in [0.2, 0.25) is 0 Å². The molecule has 2 N–H and O–H groups in total. The minimum atomic E-state index is -4.71. The van der Waals surface area contributed by atoms with Crippen molar-refractivity contribution in [3.63, 3.8) is 0 Å². The van der Waals surface area contributed by atoms with E-state index in [-0.39, 0.29) is 23.0 Å². The van der Waals surface area contributed by atoms with Crippen LogP contribution in [0.4, 0.5) is 29.2 Å². The number of rotatable bonds is 7. The van der Waals surface area contributed by atoms with E-state index >= 15 is 0 Å². The summed E-state index contributed by atoms with van der Waals surface area (Å²) >= 11 is 0. The highest BCUT2D eigenvalue weighted by atomic mass is 32.2. The Balaban J connectivity index is 1.81. The summed E-state index contributed by atoms with van der Waals surface area (Å²) in [5.41, 5.74) is 0.154. The molecule has 0 saturated carbocycles. The van der Waals surface area contributed by atoms with E-state index in [0.717, 1.165) is 41.4 Å². The Morgan fingerprint density at radius 2 is 1.89 bits per heavy atom. The van der Waals surface area contributed by atoms with E-state index in [0.29, 0.717) is 11.1 Å². The fourth-order valence-electron chi connectivity index (χ4n) is 3.38. The molecule has 0 unspecified atom stereocenters. The summed E-state index contributed by atoms with van der Waals surface area (Å²) in [6.07, 6.45) is 0.768. The first kappa shape index (κ1) is 26.5. The van der Waals surface area contributed by atoms with Gasteiger partial charge in [-0.15, -0.1) is 0 Å². The number of alkyl halides is 3. The normalized spacial score (nSPS) is 12.1. The van der Waals surface area contributed by atoms with E-state index in [1.807, 2.05) is 0 Å². The van der Waals surface area contributed by atoms with Crippen molar-refractivity contribution in [1.82, 2.24) is 19.7 Å². The van der Waals surface area contributed by atoms with Gasteiger partial charge in [0.15, 0.2) is 21.3 Å². The minimum Gasteiger partial charge on any atom is -0.478 e. The van der Waals surface area contributed by atoms with Crippen LogP contribution >= 0.6 is 0 Å². The van der Waals surface area contributed by atoms with Crippen LogP contribution in [0.1, 0.15) is 11.3 Å². The van der Waals surface area contributed by atoms with Crippen molar-refractivity contribution in [2.45, 2.75) is 11.1 Å². The van der Waals surface area contributed by atoms with Crippen LogP contribution in [0.5, 0.6) is 0 Å². The molecule has 0 fully saturated rings. The molecule has 2 aromatic heterocycles. The molecular weight excluding hydrogens is 530 g/mol. The molecule has 14 heteroatoms. The van der Waals surface area contributed by atoms with Gasteiger partial charge in [-0.3, -0.25) is 0 Å². The van der Waals surface area contributed by atoms with Gasteiger partial charge < -0.3 is 10.4 Å². The number of carboxylic acids is 1. The number of anilines is 2. The van der Waals surface area contributed by atoms with Crippen LogP contribution in [0.3, 0.4) is 0 Å². The number of aromatic nitrogens is 4. The largest absolute Gasteiger partial charge is 0.478 e. The first-order chi connectivity index (χ1) is 17.8. The maximum absolute atomic E-state index is 14.0. The van der Waals surface area contributed by atoms with E-state index in [1.54, 1.807) is 24.3 Å². The third-order valence-corrected chi connectivity index (χ3v) is 6.18. The Bertz CT molecular complexity index is 1670. The van der Waals surface area contributed by atoms with E-state index in [2.05, 4.69) is 20.4 Å². The number of sulfone groups is 1. The summed E-state index contributed by atoms with van der Waals surface area (Å²) in [4.78, 5) is 18.8. The summed E-state index contributed by atoms with van der Waals surface area (Å²) in [6.45, 7) is 0. The fraction of sp³-hybridized carbons (Fsp3) is 0.0833. The molecule has 9 nitrogen and oxygen atoms in total. The number of halogens is 4. The zero-order chi connectivity index (χ0) is 27.7. The highest BCUT2D eigenvalue weighted by molar-refractivity contribution is 7.90. The van der Waals surface area contributed by atoms with Gasteiger partial charge in [0.2, 0.25) is 5.95 Å². The van der Waals surface area contributed by atoms with Crippen LogP contribution in [-0.2, 0) is 20.8 Å². The lowest BCUT2D eigenvalue weighted by Gasteiger charge is -2.13. The van der Waals surface area contributed by atoms with Gasteiger partial charge in [0.1, 0.15) is 10.7 Å². The summed E-state index contributed by atoms with van der Waals surface area (Å²) < 4.78 is 78.3. The topological polar surface area (TPSA) is 127 Å². The quantitative estimate of drug-likeness (QED) is 0.251. The fourth-order valence-corrected chi connectivity index (χ4v) is 4.14. The van der Waals surface area contributed by atoms with E-state index in [9.17, 15) is 30.8 Å². The highest BCUT2D eigenvalue weighted by Crippen LogP contribution is 2.31. The zero-order valence-corrected chi connectivity index (χ0v) is 20.1. The van der Waals surface area contributed by atoms with Gasteiger partial charge in [0.05, 0.1) is 0 Å². The van der Waals surface area contributed by atoms with Crippen molar-refractivity contribution in [3.05, 3.63) is 84.1 Å². The molecule has 4 rings (SSSR count). The standard InChI is InChI=1S/C24H17F4N5O4S/c1-38(36,37)19-12-16(6-7-18(19)25)30-23-29-13-17(15-4-2-3-14(11-15)5-8-21(34)35)22(31-23)33-10-9-20(32-33)24(26,27)28/h2-13H,1H3,(H,34,35)(H,29,30,31). The number of carboxylic acid groups (broad SMARTS) is 1. The molecule has 0 amide bonds. The molecule has 0 atom stereocenters. The van der Waals surface area contributed by atoms with Crippen LogP contribution < -0.4 is 5.32 Å². The van der Waals surface area contributed by atoms with Crippen molar-refractivity contribution >= 4 is 33.5 Å². The molecule has 2 aromatic carbocycles. The SMILES string of the molecule is CS(=O)(=O)c1cc(Nc2ncc(-c3cccc(C=CC(=O)O)c3)c(-n3ccc(C(F)(F)F)n3)n2)ccc1F. The van der Waals surface area contributed by atoms with Gasteiger partial charge >= 0.3 is 12.1 Å². The van der Waals surface area contributed by atoms with Gasteiger partial charge in [0.25, 0.3) is 0 Å². The molecule has 0 aliphatic rings. The van der Waals surface area contributed by atoms with Crippen molar-refractivity contribution in [2.24, 2.45) is 0 Å². The first-order valence-corrected chi connectivity index (χ1v) is 12.5. The monoisotopic (exact) mass is 547 g/mol. The minimum absolute atomic E-state index is 0.0668. The predicted molar refractivity (Wildman–Crippen MR) is 129 cm³/mol. The van der Waals surface area contributed by atoms with E-state index in [4.69, 9.17) is 5.11 Å². The third kappa shape index (κ3) is 6.03. The lowest BCUT2D eigenvalue weighted by Crippen LogP contribution is -2.10. The molecule has 4 aromatic rings. The molecular formula is C24H17F4N5O4S. The van der Waals surface area contributed by atoms with E-state index in [1.165, 1.54) is 18.3 Å². The zero-order valence-electron chi connectivity index (χ0n) is 19.3. The van der Waals surface area contributed by atoms with Gasteiger partial charge in [-0.2, -0.15) is 23.3 Å². The molecule has 0 aliphatic heterocycles. The second kappa shape index (κ2) is 10.0. The first-order valence-electron chi connectivity index (χ1n) is 10.6. The van der Waals surface area contributed by atoms with Crippen molar-refractivity contribution in [1.29, 1.82) is 0 Å². The van der Waals surface area contributed by atoms with Crippen molar-refractivity contribution in [2.75, 3.05) is 11.6 Å². The van der Waals surface area contributed by atoms with Gasteiger partial charge in [-0.1, -0.05) is 18.2 Å². The smallest absolute Gasteiger partial charge is 0.435 e. The van der Waals surface area contributed by atoms with Crippen LogP contribution in [0.25, 0.3) is 23.0 Å². The number of hydrogen-bond acceptors (Lipinski definition) is 7.